The third-order valence-electron chi connectivity index (χ3n) is 7.55. The minimum Gasteiger partial charge on any atom is -0.508 e. The molecule has 222 valence electrons. The number of nitrogens with zero attached hydrogens (tertiary/aromatic N) is 1. The first-order chi connectivity index (χ1) is 18.9. The lowest BCUT2D eigenvalue weighted by molar-refractivity contribution is -0.153. The van der Waals surface area contributed by atoms with Crippen molar-refractivity contribution >= 4 is 34.8 Å². The van der Waals surface area contributed by atoms with E-state index in [2.05, 4.69) is 0 Å². The van der Waals surface area contributed by atoms with Crippen molar-refractivity contribution in [2.75, 3.05) is 32.5 Å². The average molecular weight is 586 g/mol. The Hall–Kier alpha value is -4.02. The summed E-state index contributed by atoms with van der Waals surface area (Å²) in [7, 11) is 2.86. The fourth-order valence-corrected chi connectivity index (χ4v) is 5.87. The number of phenolic OH excluding ortho intramolecular Hbond substituents is 1. The number of hydrogen-bond donors (Lipinski definition) is 7. The van der Waals surface area contributed by atoms with Gasteiger partial charge in [-0.05, 0) is 32.9 Å². The lowest BCUT2D eigenvalue weighted by atomic mass is 9.57. The highest BCUT2D eigenvalue weighted by molar-refractivity contribution is 6.24. The summed E-state index contributed by atoms with van der Waals surface area (Å²) >= 11 is 0. The fourth-order valence-electron chi connectivity index (χ4n) is 5.87. The standard InChI is InChI=1S/C25H26F4N4O8/c1-33(2)17-10-4-8-3-9-11(26)5-12(32-13(34)6-31-7-24(27,28)29)18(35)15(9)19(36)14(8)21(38)25(10,41)22(39)16(20(17)37)23(30)40/h5,8,10,17,31,35-36,39,41H,3-4,6-7H2,1-2H3,(H2,30,40)(H,32,34)/t8-,10-,17-,25-/m0/s1. The van der Waals surface area contributed by atoms with Crippen LogP contribution in [0.3, 0.4) is 0 Å². The molecule has 0 saturated heterocycles. The van der Waals surface area contributed by atoms with Crippen LogP contribution >= 0.6 is 0 Å². The lowest BCUT2D eigenvalue weighted by Gasteiger charge is -2.50. The number of alkyl halides is 3. The van der Waals surface area contributed by atoms with Gasteiger partial charge in [-0.1, -0.05) is 0 Å². The summed E-state index contributed by atoms with van der Waals surface area (Å²) in [4.78, 5) is 52.2. The molecule has 1 aromatic carbocycles. The van der Waals surface area contributed by atoms with Crippen LogP contribution in [-0.4, -0.2) is 93.7 Å². The number of carbonyl (C=O) groups excluding carboxylic acids is 4. The number of aromatic hydroxyl groups is 1. The summed E-state index contributed by atoms with van der Waals surface area (Å²) < 4.78 is 52.2. The van der Waals surface area contributed by atoms with Crippen LogP contribution in [-0.2, 0) is 25.6 Å². The first-order valence-electron chi connectivity index (χ1n) is 12.2. The van der Waals surface area contributed by atoms with Gasteiger partial charge in [0.05, 0.1) is 30.4 Å². The van der Waals surface area contributed by atoms with Gasteiger partial charge in [-0.15, -0.1) is 0 Å². The van der Waals surface area contributed by atoms with Gasteiger partial charge in [0.1, 0.15) is 22.9 Å². The fraction of sp³-hybridized carbons (Fsp3) is 0.440. The molecule has 0 bridgehead atoms. The maximum Gasteiger partial charge on any atom is 0.401 e. The minimum atomic E-state index is -4.61. The highest BCUT2D eigenvalue weighted by atomic mass is 19.4. The van der Waals surface area contributed by atoms with E-state index in [0.29, 0.717) is 6.07 Å². The molecule has 0 aliphatic heterocycles. The number of aliphatic hydroxyl groups is 3. The van der Waals surface area contributed by atoms with Crippen molar-refractivity contribution in [1.82, 2.24) is 10.2 Å². The monoisotopic (exact) mass is 586 g/mol. The Bertz CT molecular complexity index is 1440. The average Bonchev–Trinajstić information content (AvgIpc) is 2.83. The van der Waals surface area contributed by atoms with Crippen LogP contribution in [0.4, 0.5) is 23.2 Å². The summed E-state index contributed by atoms with van der Waals surface area (Å²) in [5.74, 6) is -11.4. The maximum atomic E-state index is 15.2. The second kappa shape index (κ2) is 10.1. The largest absolute Gasteiger partial charge is 0.508 e. The predicted octanol–water partition coefficient (Wildman–Crippen LogP) is 0.194. The number of hydrogen-bond acceptors (Lipinski definition) is 10. The molecule has 2 amide bonds. The van der Waals surface area contributed by atoms with Crippen LogP contribution < -0.4 is 16.4 Å². The SMILES string of the molecule is CN(C)[C@@H]1C(=O)C(C(N)=O)=C(O)[C@@]2(O)C(=O)C3=C(O)c4c(O)c(NC(=O)CNCC(F)(F)F)cc(F)c4C[C@H]3C[C@@H]12. The number of benzene rings is 1. The number of halogens is 4. The normalized spacial score (nSPS) is 26.1. The van der Waals surface area contributed by atoms with Gasteiger partial charge in [0.15, 0.2) is 17.1 Å². The van der Waals surface area contributed by atoms with E-state index >= 15 is 4.39 Å². The van der Waals surface area contributed by atoms with E-state index in [9.17, 15) is 52.8 Å². The van der Waals surface area contributed by atoms with Gasteiger partial charge in [0, 0.05) is 23.1 Å². The van der Waals surface area contributed by atoms with Crippen molar-refractivity contribution in [3.05, 3.63) is 39.9 Å². The molecule has 8 N–H and O–H groups in total. The van der Waals surface area contributed by atoms with Crippen LogP contribution in [0.25, 0.3) is 5.76 Å². The Labute approximate surface area is 229 Å². The van der Waals surface area contributed by atoms with Gasteiger partial charge < -0.3 is 36.8 Å². The zero-order valence-electron chi connectivity index (χ0n) is 21.6. The van der Waals surface area contributed by atoms with Crippen molar-refractivity contribution in [3.63, 3.8) is 0 Å². The summed E-state index contributed by atoms with van der Waals surface area (Å²) in [6.07, 6.45) is -5.19. The van der Waals surface area contributed by atoms with Gasteiger partial charge in [-0.3, -0.25) is 24.1 Å². The molecule has 0 heterocycles. The van der Waals surface area contributed by atoms with E-state index in [-0.39, 0.29) is 18.4 Å². The van der Waals surface area contributed by atoms with Crippen LogP contribution in [0.15, 0.2) is 23.0 Å². The molecule has 41 heavy (non-hydrogen) atoms. The summed E-state index contributed by atoms with van der Waals surface area (Å²) in [5, 5.41) is 48.1. The molecular weight excluding hydrogens is 560 g/mol. The van der Waals surface area contributed by atoms with Crippen molar-refractivity contribution < 1.29 is 57.2 Å². The third-order valence-corrected chi connectivity index (χ3v) is 7.55. The Morgan fingerprint density at radius 1 is 1.20 bits per heavy atom. The maximum absolute atomic E-state index is 15.2. The number of fused-ring (bicyclic) bond motifs is 3. The zero-order chi connectivity index (χ0) is 30.8. The molecular formula is C25H26F4N4O8. The smallest absolute Gasteiger partial charge is 0.401 e. The van der Waals surface area contributed by atoms with Crippen LogP contribution in [0.2, 0.25) is 0 Å². The Balaban J connectivity index is 1.79. The number of nitrogens with two attached hydrogens (primary N) is 1. The Morgan fingerprint density at radius 3 is 2.39 bits per heavy atom. The van der Waals surface area contributed by atoms with Crippen molar-refractivity contribution in [2.45, 2.75) is 30.7 Å². The number of nitrogens with one attached hydrogen (secondary N) is 2. The topological polar surface area (TPSA) is 203 Å². The highest BCUT2D eigenvalue weighted by Crippen LogP contribution is 2.53. The van der Waals surface area contributed by atoms with Crippen LogP contribution in [0, 0.1) is 17.7 Å². The molecule has 0 radical (unpaired) electrons. The van der Waals surface area contributed by atoms with Crippen molar-refractivity contribution in [1.29, 1.82) is 0 Å². The van der Waals surface area contributed by atoms with E-state index in [4.69, 9.17) is 5.73 Å². The van der Waals surface area contributed by atoms with Gasteiger partial charge >= 0.3 is 6.18 Å². The third kappa shape index (κ3) is 4.81. The van der Waals surface area contributed by atoms with Gasteiger partial charge in [-0.2, -0.15) is 13.2 Å². The molecule has 1 fully saturated rings. The van der Waals surface area contributed by atoms with Gasteiger partial charge in [0.25, 0.3) is 5.91 Å². The molecule has 4 rings (SSSR count). The number of amides is 2. The van der Waals surface area contributed by atoms with Gasteiger partial charge in [-0.25, -0.2) is 4.39 Å². The van der Waals surface area contributed by atoms with Crippen LogP contribution in [0.5, 0.6) is 5.75 Å². The second-order valence-corrected chi connectivity index (χ2v) is 10.3. The number of anilines is 1. The summed E-state index contributed by atoms with van der Waals surface area (Å²) in [6.45, 7) is -2.36. The summed E-state index contributed by atoms with van der Waals surface area (Å²) in [5.41, 5.74) is -0.702. The highest BCUT2D eigenvalue weighted by Gasteiger charge is 2.64. The lowest BCUT2D eigenvalue weighted by Crippen LogP contribution is -2.65. The number of likely N-dealkylation sites (N-methyl/N-ethyl adjacent to an activating group) is 1. The zero-order valence-corrected chi connectivity index (χ0v) is 21.6. The minimum absolute atomic E-state index is 0.255. The van der Waals surface area contributed by atoms with E-state index in [0.717, 1.165) is 0 Å². The van der Waals surface area contributed by atoms with E-state index in [1.165, 1.54) is 19.0 Å². The molecule has 4 atom stereocenters. The van der Waals surface area contributed by atoms with Crippen molar-refractivity contribution in [2.24, 2.45) is 17.6 Å². The Morgan fingerprint density at radius 2 is 1.83 bits per heavy atom. The number of carbonyl (C=O) groups is 4. The number of Topliss-reactive ketones (excluding diaryl/α,β-unsaturated/α-hetero) is 2. The molecule has 1 aromatic rings. The molecule has 1 saturated carbocycles. The second-order valence-electron chi connectivity index (χ2n) is 10.3. The number of primary amides is 1. The number of ketones is 2. The molecule has 16 heteroatoms. The molecule has 12 nitrogen and oxygen atoms in total. The van der Waals surface area contributed by atoms with Crippen LogP contribution in [0.1, 0.15) is 17.5 Å². The predicted molar refractivity (Wildman–Crippen MR) is 132 cm³/mol. The molecule has 0 aromatic heterocycles. The molecule has 3 aliphatic carbocycles. The first-order valence-corrected chi connectivity index (χ1v) is 12.2. The molecule has 0 spiro atoms. The van der Waals surface area contributed by atoms with E-state index in [1.807, 2.05) is 10.6 Å². The van der Waals surface area contributed by atoms with Crippen molar-refractivity contribution in [3.8, 4) is 5.75 Å². The van der Waals surface area contributed by atoms with E-state index in [1.54, 1.807) is 0 Å². The quantitative estimate of drug-likeness (QED) is 0.137. The molecule has 3 aliphatic rings. The number of rotatable bonds is 6. The Kier molecular flexibility index (Phi) is 7.39. The summed E-state index contributed by atoms with van der Waals surface area (Å²) in [6, 6.07) is -0.621. The number of aliphatic hydroxyl groups excluding tert-OH is 2. The first kappa shape index (κ1) is 30.0. The van der Waals surface area contributed by atoms with E-state index < -0.39 is 112 Å². The molecule has 0 unspecified atom stereocenters. The van der Waals surface area contributed by atoms with Gasteiger partial charge in [0.2, 0.25) is 11.7 Å². The number of phenols is 1.